The number of benzene rings is 1. The van der Waals surface area contributed by atoms with Crippen molar-refractivity contribution >= 4 is 12.0 Å². The topological polar surface area (TPSA) is 70.3 Å². The normalized spacial score (nSPS) is 7.52. The highest BCUT2D eigenvalue weighted by Gasteiger charge is 1.95. The van der Waals surface area contributed by atoms with Crippen LogP contribution in [0.4, 0.5) is 0 Å². The molecule has 4 nitrogen and oxygen atoms in total. The van der Waals surface area contributed by atoms with Gasteiger partial charge in [-0.1, -0.05) is 56.1 Å². The molecule has 0 saturated carbocycles. The summed E-state index contributed by atoms with van der Waals surface area (Å²) < 4.78 is 4.27. The van der Waals surface area contributed by atoms with Crippen LogP contribution >= 0.6 is 0 Å². The Balaban J connectivity index is -0.000000245. The molecule has 0 spiro atoms. The molecule has 0 aliphatic heterocycles. The Morgan fingerprint density at radius 3 is 1.83 bits per heavy atom. The van der Waals surface area contributed by atoms with Gasteiger partial charge in [-0.05, 0) is 26.3 Å². The van der Waals surface area contributed by atoms with Gasteiger partial charge < -0.3 is 9.84 Å². The van der Waals surface area contributed by atoms with Gasteiger partial charge in [-0.3, -0.25) is 0 Å². The molecule has 1 rings (SSSR count). The molecule has 0 aromatic heterocycles. The van der Waals surface area contributed by atoms with Crippen LogP contribution in [-0.2, 0) is 9.53 Å². The number of nitrogens with zero attached hydrogens (tertiary/aromatic N) is 1. The zero-order chi connectivity index (χ0) is 18.7. The summed E-state index contributed by atoms with van der Waals surface area (Å²) in [4.78, 5) is 10.2. The summed E-state index contributed by atoms with van der Waals surface area (Å²) in [6.07, 6.45) is 2.85. The highest BCUT2D eigenvalue weighted by Crippen LogP contribution is 1.97. The average molecular weight is 317 g/mol. The minimum absolute atomic E-state index is 0.167. The van der Waals surface area contributed by atoms with Crippen LogP contribution in [-0.4, -0.2) is 24.3 Å². The number of ether oxygens (including phenoxy) is 1. The number of carbonyl (C=O) groups excluding carboxylic acids is 1. The van der Waals surface area contributed by atoms with Crippen molar-refractivity contribution in [2.75, 3.05) is 7.11 Å². The molecule has 4 heteroatoms. The van der Waals surface area contributed by atoms with Gasteiger partial charge in [0.2, 0.25) is 0 Å². The number of hydrogen-bond donors (Lipinski definition) is 1. The van der Waals surface area contributed by atoms with E-state index in [1.807, 2.05) is 36.4 Å². The van der Waals surface area contributed by atoms with Crippen molar-refractivity contribution in [1.82, 2.24) is 0 Å². The fourth-order valence-corrected chi connectivity index (χ4v) is 0.763. The number of aliphatic hydroxyl groups excluding tert-OH is 1. The van der Waals surface area contributed by atoms with Crippen LogP contribution in [0.15, 0.2) is 61.7 Å². The standard InChI is InChI=1S/C8H8.C5H8O2.C3H3N.C3H8O/c1-2-8-6-4-3-5-7-8;1-4(2)5(6)7-3;1-2-3-4;1-3(2)4/h2-7H,1H2;1H2,2-3H3;2H,1H2;3-4H,1-2H3. The van der Waals surface area contributed by atoms with E-state index in [9.17, 15) is 4.79 Å². The second-order valence-electron chi connectivity index (χ2n) is 4.31. The van der Waals surface area contributed by atoms with Gasteiger partial charge >= 0.3 is 5.97 Å². The lowest BCUT2D eigenvalue weighted by atomic mass is 10.2. The second kappa shape index (κ2) is 19.4. The molecule has 0 atom stereocenters. The first-order valence-electron chi connectivity index (χ1n) is 6.86. The summed E-state index contributed by atoms with van der Waals surface area (Å²) in [5.41, 5.74) is 1.61. The van der Waals surface area contributed by atoms with E-state index in [4.69, 9.17) is 10.4 Å². The Bertz CT molecular complexity index is 482. The van der Waals surface area contributed by atoms with Crippen LogP contribution < -0.4 is 0 Å². The molecule has 0 aliphatic rings. The van der Waals surface area contributed by atoms with Crippen LogP contribution in [0.1, 0.15) is 26.3 Å². The summed E-state index contributed by atoms with van der Waals surface area (Å²) >= 11 is 0. The first-order chi connectivity index (χ1) is 10.8. The van der Waals surface area contributed by atoms with Crippen molar-refractivity contribution in [3.8, 4) is 6.07 Å². The van der Waals surface area contributed by atoms with Crippen LogP contribution in [0.3, 0.4) is 0 Å². The lowest BCUT2D eigenvalue weighted by Crippen LogP contribution is -1.98. The number of esters is 1. The third kappa shape index (κ3) is 28.3. The Hall–Kier alpha value is -2.64. The molecule has 0 fully saturated rings. The Morgan fingerprint density at radius 2 is 1.70 bits per heavy atom. The zero-order valence-electron chi connectivity index (χ0n) is 14.5. The third-order valence-electron chi connectivity index (χ3n) is 1.66. The lowest BCUT2D eigenvalue weighted by Gasteiger charge is -1.91. The van der Waals surface area contributed by atoms with Crippen molar-refractivity contribution in [1.29, 1.82) is 5.26 Å². The van der Waals surface area contributed by atoms with Crippen molar-refractivity contribution < 1.29 is 14.6 Å². The van der Waals surface area contributed by atoms with Crippen molar-refractivity contribution in [3.63, 3.8) is 0 Å². The van der Waals surface area contributed by atoms with Crippen molar-refractivity contribution in [2.45, 2.75) is 26.9 Å². The SMILES string of the molecule is C=C(C)C(=O)OC.C=CC#N.C=Cc1ccccc1.CC(C)O. The number of carbonyl (C=O) groups is 1. The number of hydrogen-bond acceptors (Lipinski definition) is 4. The van der Waals surface area contributed by atoms with Crippen molar-refractivity contribution in [2.24, 2.45) is 0 Å². The molecule has 0 saturated heterocycles. The van der Waals surface area contributed by atoms with Gasteiger partial charge in [-0.2, -0.15) is 5.26 Å². The van der Waals surface area contributed by atoms with Gasteiger partial charge in [-0.15, -0.1) is 0 Å². The zero-order valence-corrected chi connectivity index (χ0v) is 14.5. The maximum Gasteiger partial charge on any atom is 0.332 e. The van der Waals surface area contributed by atoms with E-state index in [0.29, 0.717) is 5.57 Å². The highest BCUT2D eigenvalue weighted by molar-refractivity contribution is 5.86. The molecule has 126 valence electrons. The largest absolute Gasteiger partial charge is 0.466 e. The minimum atomic E-state index is -0.347. The molecule has 0 heterocycles. The summed E-state index contributed by atoms with van der Waals surface area (Å²) in [6, 6.07) is 11.7. The van der Waals surface area contributed by atoms with E-state index in [1.165, 1.54) is 18.7 Å². The average Bonchev–Trinajstić information content (AvgIpc) is 2.55. The van der Waals surface area contributed by atoms with E-state index in [1.54, 1.807) is 26.8 Å². The molecular formula is C19H27NO3. The van der Waals surface area contributed by atoms with Crippen LogP contribution in [0, 0.1) is 11.3 Å². The molecule has 23 heavy (non-hydrogen) atoms. The van der Waals surface area contributed by atoms with Crippen LogP contribution in [0.25, 0.3) is 6.08 Å². The Labute approximate surface area is 140 Å². The second-order valence-corrected chi connectivity index (χ2v) is 4.31. The molecule has 0 aliphatic carbocycles. The van der Waals surface area contributed by atoms with Gasteiger partial charge in [0.05, 0.1) is 13.2 Å². The molecule has 0 bridgehead atoms. The number of methoxy groups -OCH3 is 1. The maximum atomic E-state index is 10.2. The maximum absolute atomic E-state index is 10.2. The fraction of sp³-hybridized carbons (Fsp3) is 0.263. The van der Waals surface area contributed by atoms with Gasteiger partial charge in [0.15, 0.2) is 0 Å². The predicted molar refractivity (Wildman–Crippen MR) is 96.5 cm³/mol. The van der Waals surface area contributed by atoms with Crippen LogP contribution in [0.5, 0.6) is 0 Å². The first-order valence-corrected chi connectivity index (χ1v) is 6.86. The Kier molecular flexibility index (Phi) is 21.3. The molecule has 1 aromatic rings. The lowest BCUT2D eigenvalue weighted by molar-refractivity contribution is -0.136. The van der Waals surface area contributed by atoms with Crippen molar-refractivity contribution in [3.05, 3.63) is 67.3 Å². The number of rotatable bonds is 2. The highest BCUT2D eigenvalue weighted by atomic mass is 16.5. The van der Waals surface area contributed by atoms with Gasteiger partial charge in [0.1, 0.15) is 0 Å². The summed E-state index contributed by atoms with van der Waals surface area (Å²) in [6.45, 7) is 15.1. The molecule has 1 N–H and O–H groups in total. The monoisotopic (exact) mass is 317 g/mol. The molecular weight excluding hydrogens is 290 g/mol. The van der Waals surface area contributed by atoms with E-state index < -0.39 is 0 Å². The summed E-state index contributed by atoms with van der Waals surface area (Å²) in [7, 11) is 1.33. The minimum Gasteiger partial charge on any atom is -0.466 e. The summed E-state index contributed by atoms with van der Waals surface area (Å²) in [5.74, 6) is -0.347. The fourth-order valence-electron chi connectivity index (χ4n) is 0.763. The number of aliphatic hydroxyl groups is 1. The molecule has 0 radical (unpaired) electrons. The van der Waals surface area contributed by atoms with Gasteiger partial charge in [0, 0.05) is 17.8 Å². The predicted octanol–water partition coefficient (Wildman–Crippen LogP) is 4.15. The summed E-state index contributed by atoms with van der Waals surface area (Å²) in [5, 5.41) is 15.6. The van der Waals surface area contributed by atoms with E-state index in [2.05, 4.69) is 24.5 Å². The van der Waals surface area contributed by atoms with Crippen LogP contribution in [0.2, 0.25) is 0 Å². The first kappa shape index (κ1) is 25.3. The molecule has 0 amide bonds. The third-order valence-corrected chi connectivity index (χ3v) is 1.66. The molecule has 0 unspecified atom stereocenters. The Morgan fingerprint density at radius 1 is 1.30 bits per heavy atom. The van der Waals surface area contributed by atoms with Gasteiger partial charge in [-0.25, -0.2) is 4.79 Å². The van der Waals surface area contributed by atoms with E-state index in [0.717, 1.165) is 0 Å². The van der Waals surface area contributed by atoms with E-state index >= 15 is 0 Å². The van der Waals surface area contributed by atoms with E-state index in [-0.39, 0.29) is 12.1 Å². The molecule has 1 aromatic carbocycles. The number of allylic oxidation sites excluding steroid dienone is 1. The quantitative estimate of drug-likeness (QED) is 0.505. The smallest absolute Gasteiger partial charge is 0.332 e. The number of nitriles is 1. The van der Waals surface area contributed by atoms with Gasteiger partial charge in [0.25, 0.3) is 0 Å².